The van der Waals surface area contributed by atoms with Gasteiger partial charge in [0.25, 0.3) is 0 Å². The zero-order chi connectivity index (χ0) is 97.7. The molecule has 141 heavy (non-hydrogen) atoms. The van der Waals surface area contributed by atoms with E-state index in [0.29, 0.717) is 189 Å². The number of carbonyl (C=O) groups excluding carboxylic acids is 8. The number of β-amino-alcohol motifs (C(OH)–C–C–N with tert-alkyl or cyclic N) is 2. The first-order valence-electron chi connectivity index (χ1n) is 47.6. The van der Waals surface area contributed by atoms with Crippen molar-refractivity contribution >= 4 is 47.5 Å². The second-order valence-corrected chi connectivity index (χ2v) is 36.1. The number of hydrogen-bond donors (Lipinski definition) is 2. The lowest BCUT2D eigenvalue weighted by molar-refractivity contribution is -0.135. The van der Waals surface area contributed by atoms with Gasteiger partial charge in [-0.3, -0.25) is 38.8 Å². The third-order valence-electron chi connectivity index (χ3n) is 27.7. The molecular formula is C101H112N24O16. The first kappa shape index (κ1) is 96.7. The number of fused-ring (bicyclic) bond motifs is 5. The van der Waals surface area contributed by atoms with Crippen molar-refractivity contribution in [3.63, 3.8) is 0 Å². The molecule has 4 amide bonds. The van der Waals surface area contributed by atoms with Gasteiger partial charge < -0.3 is 58.2 Å². The summed E-state index contributed by atoms with van der Waals surface area (Å²) in [6.45, 7) is 23.4. The molecule has 40 nitrogen and oxygen atoms in total. The van der Waals surface area contributed by atoms with E-state index in [2.05, 4.69) is 79.9 Å². The highest BCUT2D eigenvalue weighted by Gasteiger charge is 2.38. The number of ether oxygens (including phenoxy) is 6. The number of amides is 4. The summed E-state index contributed by atoms with van der Waals surface area (Å²) in [5.74, 6) is 1.85. The van der Waals surface area contributed by atoms with Crippen LogP contribution in [0.15, 0.2) is 172 Å². The first-order chi connectivity index (χ1) is 68.6. The van der Waals surface area contributed by atoms with Crippen LogP contribution in [0.5, 0.6) is 0 Å². The van der Waals surface area contributed by atoms with Crippen LogP contribution in [-0.2, 0) is 99.5 Å². The Morgan fingerprint density at radius 2 is 0.787 bits per heavy atom. The number of esters is 4. The van der Waals surface area contributed by atoms with Gasteiger partial charge in [0.05, 0.1) is 78.5 Å². The molecule has 0 spiro atoms. The number of benzene rings is 4. The van der Waals surface area contributed by atoms with E-state index >= 15 is 0 Å². The zero-order valence-electron chi connectivity index (χ0n) is 79.3. The highest BCUT2D eigenvalue weighted by atomic mass is 16.6. The molecule has 21 rings (SSSR count). The third kappa shape index (κ3) is 22.5. The van der Waals surface area contributed by atoms with E-state index in [1.165, 1.54) is 25.3 Å². The number of methoxy groups -OCH3 is 1. The number of aryl methyl sites for hydroxylation is 1. The fraction of sp³-hybridized carbons (Fsp3) is 0.406. The molecule has 2 N–H and O–H groups in total. The number of aliphatic hydroxyl groups excluding tert-OH is 2. The number of carbonyl (C=O) groups is 8. The van der Waals surface area contributed by atoms with Gasteiger partial charge >= 0.3 is 23.9 Å². The van der Waals surface area contributed by atoms with Gasteiger partial charge in [-0.25, -0.2) is 77.8 Å². The first-order valence-corrected chi connectivity index (χ1v) is 47.6. The summed E-state index contributed by atoms with van der Waals surface area (Å²) in [5.41, 5.74) is 17.8. The molecule has 1 aliphatic carbocycles. The van der Waals surface area contributed by atoms with E-state index in [1.807, 2.05) is 132 Å². The van der Waals surface area contributed by atoms with E-state index in [9.17, 15) is 48.6 Å². The van der Waals surface area contributed by atoms with Crippen LogP contribution >= 0.6 is 0 Å². The van der Waals surface area contributed by atoms with Crippen molar-refractivity contribution in [3.05, 3.63) is 284 Å². The van der Waals surface area contributed by atoms with E-state index in [1.54, 1.807) is 87.9 Å². The summed E-state index contributed by atoms with van der Waals surface area (Å²) in [4.78, 5) is 149. The summed E-state index contributed by atoms with van der Waals surface area (Å²) in [6, 6.07) is 29.8. The van der Waals surface area contributed by atoms with Crippen LogP contribution in [0.4, 0.5) is 0 Å². The topological polar surface area (TPSA) is 433 Å². The summed E-state index contributed by atoms with van der Waals surface area (Å²) < 4.78 is 38.9. The standard InChI is InChI=1S/C26H28N6O4.C26H30N6O4.C25H28N6O4.C24H26N6O4/c1-16-18(4-5-20-22(16)13-36-26(20)35)23(33)12-30-6-8-31(9-7-30)25(34)19-3-2-17-10-24(28-11-21(17)19)32-15-27-14-29-32;1-3-35-23(20-5-6-21-22(18(20)2)15-36-26(21)34)14-30-8-10-31(11-9-30)25(33)12-19-4-7-24(28-13-19)32-17-27-16-29-32;1-17-19(4-5-20-21(17)14-35-25(20)33)22(34-2)13-29-7-9-30(10-8-29)24(32)11-18-3-6-23(27-12-18)31-16-26-15-28-31;31-21(19-2-3-20-18(12-19)5-10-34-24(20)33)14-28-6-8-29(9-7-28)23(32)11-17-1-4-22(26-13-17)30-16-25-15-27-30/h4-5,10-11,14-15,19,23,33H,2-3,6-9,12-13H2,1H3;4-7,13,16-17,23H,3,8-12,14-15H2,1-2H3;3-6,12,15-16,22H,7-11,13-14H2,1-2H3;1-4,12-13,15-16,21,31H,5-11,14H2/t19?,23-;;;/m0.../s1. The van der Waals surface area contributed by atoms with Crippen LogP contribution in [0.1, 0.15) is 174 Å². The van der Waals surface area contributed by atoms with Gasteiger partial charge in [0.15, 0.2) is 23.3 Å². The lowest BCUT2D eigenvalue weighted by Crippen LogP contribution is -2.50. The lowest BCUT2D eigenvalue weighted by Gasteiger charge is -2.37. The number of hydrogen-bond acceptors (Lipinski definition) is 32. The van der Waals surface area contributed by atoms with Crippen molar-refractivity contribution in [1.29, 1.82) is 0 Å². The molecule has 732 valence electrons. The SMILES string of the molecule is CCOC(CN1CCN(C(=O)Cc2ccc(-n3cncn3)nc2)CC1)c1ccc2c(c1C)COC2=O.COC(CN1CCN(C(=O)Cc2ccc(-n3cncn3)nc2)CC1)c1ccc2c(c1C)COC2=O.Cc1c([C@@H](O)CN2CCN(C(=O)C3CCc4cc(-n5cncn5)ncc43)CC2)ccc2c1COC2=O.O=C1OCCc2cc(C(O)CN3CCN(C(=O)Cc4ccc(-n5cncn5)nc4)CC3)ccc21. The van der Waals surface area contributed by atoms with Crippen LogP contribution in [0.3, 0.4) is 0 Å². The Hall–Kier alpha value is -14.5. The molecule has 0 saturated carbocycles. The number of aromatic nitrogens is 16. The predicted octanol–water partition coefficient (Wildman–Crippen LogP) is 6.17. The van der Waals surface area contributed by atoms with Crippen LogP contribution in [0, 0.1) is 20.8 Å². The molecular weight excluding hydrogens is 1810 g/mol. The quantitative estimate of drug-likeness (QED) is 0.0452. The number of aliphatic hydroxyl groups is 2. The second kappa shape index (κ2) is 44.3. The Morgan fingerprint density at radius 3 is 1.21 bits per heavy atom. The molecule has 40 heteroatoms. The molecule has 4 aromatic carbocycles. The monoisotopic (exact) mass is 1920 g/mol. The van der Waals surface area contributed by atoms with Crippen molar-refractivity contribution in [2.75, 3.05) is 151 Å². The van der Waals surface area contributed by atoms with Gasteiger partial charge in [0.1, 0.15) is 70.4 Å². The zero-order valence-corrected chi connectivity index (χ0v) is 79.3. The summed E-state index contributed by atoms with van der Waals surface area (Å²) >= 11 is 0. The van der Waals surface area contributed by atoms with Crippen LogP contribution in [0.2, 0.25) is 0 Å². The molecule has 0 radical (unpaired) electrons. The average molecular weight is 1920 g/mol. The largest absolute Gasteiger partial charge is 0.462 e. The Bertz CT molecular complexity index is 6440. The van der Waals surface area contributed by atoms with E-state index in [0.717, 1.165) is 141 Å². The minimum absolute atomic E-state index is 0.0667. The minimum atomic E-state index is -0.666. The van der Waals surface area contributed by atoms with Crippen molar-refractivity contribution in [2.45, 2.75) is 116 Å². The maximum atomic E-state index is 13.4. The molecule has 16 heterocycles. The molecule has 4 fully saturated rings. The highest BCUT2D eigenvalue weighted by Crippen LogP contribution is 2.38. The molecule has 12 aromatic rings. The summed E-state index contributed by atoms with van der Waals surface area (Å²) in [7, 11) is 1.71. The second-order valence-electron chi connectivity index (χ2n) is 36.1. The van der Waals surface area contributed by atoms with Gasteiger partial charge in [-0.2, -0.15) is 20.4 Å². The fourth-order valence-corrected chi connectivity index (χ4v) is 19.5. The van der Waals surface area contributed by atoms with Crippen molar-refractivity contribution in [3.8, 4) is 23.3 Å². The summed E-state index contributed by atoms with van der Waals surface area (Å²) in [5, 5.41) is 38.0. The predicted molar refractivity (Wildman–Crippen MR) is 506 cm³/mol. The number of rotatable bonds is 26. The van der Waals surface area contributed by atoms with Crippen LogP contribution < -0.4 is 0 Å². The van der Waals surface area contributed by atoms with Gasteiger partial charge in [0, 0.05) is 193 Å². The maximum Gasteiger partial charge on any atom is 0.338 e. The van der Waals surface area contributed by atoms with E-state index < -0.39 is 12.2 Å². The number of piperazine rings is 4. The highest BCUT2D eigenvalue weighted by molar-refractivity contribution is 5.96. The Labute approximate surface area is 813 Å². The fourth-order valence-electron chi connectivity index (χ4n) is 19.5. The number of cyclic esters (lactones) is 4. The van der Waals surface area contributed by atoms with E-state index in [4.69, 9.17) is 28.4 Å². The Morgan fingerprint density at radius 1 is 0.404 bits per heavy atom. The van der Waals surface area contributed by atoms with Crippen molar-refractivity contribution < 1.29 is 77.0 Å². The Kier molecular flexibility index (Phi) is 30.4. The Balaban J connectivity index is 0.000000124. The minimum Gasteiger partial charge on any atom is -0.462 e. The van der Waals surface area contributed by atoms with Gasteiger partial charge in [-0.15, -0.1) is 0 Å². The third-order valence-corrected chi connectivity index (χ3v) is 27.7. The van der Waals surface area contributed by atoms with Crippen molar-refractivity contribution in [1.82, 2.24) is 118 Å². The maximum absolute atomic E-state index is 13.4. The molecule has 9 aliphatic rings. The molecule has 4 saturated heterocycles. The normalized spacial score (nSPS) is 17.7. The number of nitrogens with zero attached hydrogens (tertiary/aromatic N) is 24. The average Bonchev–Trinajstić information content (AvgIpc) is 1.65. The molecule has 5 atom stereocenters. The van der Waals surface area contributed by atoms with Gasteiger partial charge in [0.2, 0.25) is 23.6 Å². The van der Waals surface area contributed by atoms with Crippen LogP contribution in [-0.4, -0.2) is 327 Å². The van der Waals surface area contributed by atoms with Crippen molar-refractivity contribution in [2.24, 2.45) is 0 Å². The lowest BCUT2D eigenvalue weighted by atomic mass is 9.95. The van der Waals surface area contributed by atoms with Crippen LogP contribution in [0.25, 0.3) is 23.3 Å². The summed E-state index contributed by atoms with van der Waals surface area (Å²) in [6.07, 6.45) is 20.8. The molecule has 0 bridgehead atoms. The smallest absolute Gasteiger partial charge is 0.338 e. The van der Waals surface area contributed by atoms with Gasteiger partial charge in [-0.1, -0.05) is 48.5 Å². The molecule has 8 aromatic heterocycles. The molecule has 4 unspecified atom stereocenters. The molecule has 8 aliphatic heterocycles. The number of pyridine rings is 4. The van der Waals surface area contributed by atoms with E-state index in [-0.39, 0.29) is 72.2 Å². The van der Waals surface area contributed by atoms with Gasteiger partial charge in [-0.05, 0) is 161 Å².